The number of benzene rings is 2. The minimum atomic E-state index is 0.0796. The summed E-state index contributed by atoms with van der Waals surface area (Å²) in [5.41, 5.74) is 5.00. The lowest BCUT2D eigenvalue weighted by Crippen LogP contribution is -1.99. The molecule has 4 rings (SSSR count). The topological polar surface area (TPSA) is 76.7 Å². The molecule has 6 heteroatoms. The van der Waals surface area contributed by atoms with E-state index in [1.807, 2.05) is 36.4 Å². The summed E-state index contributed by atoms with van der Waals surface area (Å²) in [5.74, 6) is 0.593. The van der Waals surface area contributed by atoms with Crippen LogP contribution in [0.15, 0.2) is 60.8 Å². The summed E-state index contributed by atoms with van der Waals surface area (Å²) in [6.45, 7) is 1.58. The van der Waals surface area contributed by atoms with Crippen LogP contribution in [0, 0.1) is 0 Å². The Balaban J connectivity index is 1.80. The summed E-state index contributed by atoms with van der Waals surface area (Å²) in [5, 5.41) is 14.6. The molecule has 0 aliphatic heterocycles. The fourth-order valence-corrected chi connectivity index (χ4v) is 3.19. The van der Waals surface area contributed by atoms with Gasteiger partial charge in [-0.15, -0.1) is 0 Å². The molecule has 0 fully saturated rings. The number of aromatic hydroxyl groups is 1. The van der Waals surface area contributed by atoms with Gasteiger partial charge in [0, 0.05) is 17.5 Å². The van der Waals surface area contributed by atoms with Crippen LogP contribution in [0.3, 0.4) is 0 Å². The van der Waals surface area contributed by atoms with Crippen molar-refractivity contribution in [2.45, 2.75) is 13.3 Å². The van der Waals surface area contributed by atoms with Gasteiger partial charge in [0.05, 0.1) is 24.7 Å². The molecule has 0 spiro atoms. The van der Waals surface area contributed by atoms with Gasteiger partial charge in [0.25, 0.3) is 0 Å². The predicted molar refractivity (Wildman–Crippen MR) is 106 cm³/mol. The van der Waals surface area contributed by atoms with Gasteiger partial charge < -0.3 is 9.84 Å². The molecule has 2 heterocycles. The lowest BCUT2D eigenvalue weighted by Gasteiger charge is -2.08. The third kappa shape index (κ3) is 3.32. The van der Waals surface area contributed by atoms with Crippen molar-refractivity contribution < 1.29 is 14.6 Å². The zero-order chi connectivity index (χ0) is 19.7. The maximum Gasteiger partial charge on any atom is 0.161 e. The molecule has 0 bridgehead atoms. The number of carbonyl (C=O) groups excluding carboxylic acids is 1. The first-order chi connectivity index (χ1) is 13.5. The van der Waals surface area contributed by atoms with Crippen molar-refractivity contribution in [1.29, 1.82) is 0 Å². The van der Waals surface area contributed by atoms with Crippen molar-refractivity contribution in [2.24, 2.45) is 0 Å². The van der Waals surface area contributed by atoms with E-state index in [0.29, 0.717) is 17.8 Å². The first-order valence-corrected chi connectivity index (χ1v) is 8.86. The van der Waals surface area contributed by atoms with E-state index in [1.165, 1.54) is 7.11 Å². The van der Waals surface area contributed by atoms with Crippen molar-refractivity contribution in [2.75, 3.05) is 7.11 Å². The van der Waals surface area contributed by atoms with Gasteiger partial charge in [-0.25, -0.2) is 9.50 Å². The van der Waals surface area contributed by atoms with Crippen molar-refractivity contribution in [3.63, 3.8) is 0 Å². The Kier molecular flexibility index (Phi) is 4.53. The fourth-order valence-electron chi connectivity index (χ4n) is 3.19. The first kappa shape index (κ1) is 17.7. The highest BCUT2D eigenvalue weighted by Crippen LogP contribution is 2.32. The molecule has 0 unspecified atom stereocenters. The smallest absolute Gasteiger partial charge is 0.161 e. The highest BCUT2D eigenvalue weighted by molar-refractivity contribution is 5.78. The number of methoxy groups -OCH3 is 1. The van der Waals surface area contributed by atoms with Crippen molar-refractivity contribution in [3.8, 4) is 34.0 Å². The van der Waals surface area contributed by atoms with E-state index in [2.05, 4.69) is 4.98 Å². The van der Waals surface area contributed by atoms with E-state index >= 15 is 0 Å². The van der Waals surface area contributed by atoms with Crippen molar-refractivity contribution in [1.82, 2.24) is 14.6 Å². The molecule has 6 nitrogen and oxygen atoms in total. The summed E-state index contributed by atoms with van der Waals surface area (Å²) in [6, 6.07) is 16.8. The van der Waals surface area contributed by atoms with Gasteiger partial charge in [-0.1, -0.05) is 18.2 Å². The Morgan fingerprint density at radius 1 is 1.11 bits per heavy atom. The Morgan fingerprint density at radius 2 is 1.96 bits per heavy atom. The average Bonchev–Trinajstić information content (AvgIpc) is 3.11. The Bertz CT molecular complexity index is 1180. The summed E-state index contributed by atoms with van der Waals surface area (Å²) in [6.07, 6.45) is 2.14. The SMILES string of the molecule is COc1cc(-c2cnc3ccc(-c4cccc(CC(C)=O)c4)nn23)ccc1O. The largest absolute Gasteiger partial charge is 0.504 e. The standard InChI is InChI=1S/C22H19N3O3/c1-14(26)10-15-4-3-5-16(11-15)18-7-9-22-23-13-19(25(22)24-18)17-6-8-20(27)21(12-17)28-2/h3-9,11-13,27H,10H2,1-2H3. The minimum Gasteiger partial charge on any atom is -0.504 e. The molecule has 0 aliphatic rings. The van der Waals surface area contributed by atoms with E-state index in [-0.39, 0.29) is 11.5 Å². The van der Waals surface area contributed by atoms with Crippen LogP contribution >= 0.6 is 0 Å². The number of fused-ring (bicyclic) bond motifs is 1. The number of hydrogen-bond donors (Lipinski definition) is 1. The zero-order valence-electron chi connectivity index (χ0n) is 15.6. The van der Waals surface area contributed by atoms with Crippen LogP contribution in [0.5, 0.6) is 11.5 Å². The van der Waals surface area contributed by atoms with E-state index < -0.39 is 0 Å². The number of imidazole rings is 1. The van der Waals surface area contributed by atoms with E-state index in [1.54, 1.807) is 35.8 Å². The maximum atomic E-state index is 11.4. The molecule has 140 valence electrons. The normalized spacial score (nSPS) is 10.9. The molecule has 0 radical (unpaired) electrons. The molecule has 1 N–H and O–H groups in total. The number of phenolic OH excluding ortho intramolecular Hbond substituents is 1. The number of hydrogen-bond acceptors (Lipinski definition) is 5. The second-order valence-electron chi connectivity index (χ2n) is 6.60. The highest BCUT2D eigenvalue weighted by atomic mass is 16.5. The quantitative estimate of drug-likeness (QED) is 0.574. The number of ketones is 1. The van der Waals surface area contributed by atoms with Gasteiger partial charge in [0.15, 0.2) is 17.1 Å². The molecule has 0 amide bonds. The minimum absolute atomic E-state index is 0.0796. The van der Waals surface area contributed by atoms with E-state index in [4.69, 9.17) is 9.84 Å². The van der Waals surface area contributed by atoms with Crippen LogP contribution in [-0.2, 0) is 11.2 Å². The van der Waals surface area contributed by atoms with Gasteiger partial charge in [-0.05, 0) is 48.9 Å². The summed E-state index contributed by atoms with van der Waals surface area (Å²) < 4.78 is 6.97. The van der Waals surface area contributed by atoms with Crippen LogP contribution < -0.4 is 4.74 Å². The Morgan fingerprint density at radius 3 is 2.75 bits per heavy atom. The lowest BCUT2D eigenvalue weighted by molar-refractivity contribution is -0.116. The summed E-state index contributed by atoms with van der Waals surface area (Å²) in [7, 11) is 1.51. The molecular formula is C22H19N3O3. The monoisotopic (exact) mass is 373 g/mol. The second kappa shape index (κ2) is 7.15. The third-order valence-electron chi connectivity index (χ3n) is 4.51. The number of Topliss-reactive ketones (excluding diaryl/α,β-unsaturated/α-hetero) is 1. The van der Waals surface area contributed by atoms with E-state index in [0.717, 1.165) is 28.1 Å². The molecule has 0 saturated heterocycles. The van der Waals surface area contributed by atoms with Gasteiger partial charge in [0.2, 0.25) is 0 Å². The zero-order valence-corrected chi connectivity index (χ0v) is 15.6. The van der Waals surface area contributed by atoms with Crippen LogP contribution in [0.2, 0.25) is 0 Å². The molecule has 0 aliphatic carbocycles. The Hall–Kier alpha value is -3.67. The molecule has 2 aromatic heterocycles. The highest BCUT2D eigenvalue weighted by Gasteiger charge is 2.12. The van der Waals surface area contributed by atoms with Gasteiger partial charge >= 0.3 is 0 Å². The van der Waals surface area contributed by atoms with Crippen LogP contribution in [0.25, 0.3) is 28.2 Å². The number of ether oxygens (including phenoxy) is 1. The van der Waals surface area contributed by atoms with Crippen molar-refractivity contribution in [3.05, 3.63) is 66.4 Å². The van der Waals surface area contributed by atoms with Crippen LogP contribution in [-0.4, -0.2) is 32.6 Å². The van der Waals surface area contributed by atoms with E-state index in [9.17, 15) is 9.90 Å². The number of aromatic nitrogens is 3. The molecular weight excluding hydrogens is 354 g/mol. The maximum absolute atomic E-state index is 11.4. The molecule has 4 aromatic rings. The number of carbonyl (C=O) groups is 1. The number of rotatable bonds is 5. The molecule has 2 aromatic carbocycles. The number of phenols is 1. The second-order valence-corrected chi connectivity index (χ2v) is 6.60. The molecule has 28 heavy (non-hydrogen) atoms. The summed E-state index contributed by atoms with van der Waals surface area (Å²) >= 11 is 0. The summed E-state index contributed by atoms with van der Waals surface area (Å²) in [4.78, 5) is 15.8. The van der Waals surface area contributed by atoms with Crippen LogP contribution in [0.1, 0.15) is 12.5 Å². The van der Waals surface area contributed by atoms with Gasteiger partial charge in [-0.2, -0.15) is 5.10 Å². The molecule has 0 saturated carbocycles. The Labute approximate surface area is 162 Å². The average molecular weight is 373 g/mol. The predicted octanol–water partition coefficient (Wildman–Crippen LogP) is 3.91. The van der Waals surface area contributed by atoms with Gasteiger partial charge in [-0.3, -0.25) is 4.79 Å². The third-order valence-corrected chi connectivity index (χ3v) is 4.51. The molecule has 0 atom stereocenters. The fraction of sp³-hybridized carbons (Fsp3) is 0.136. The lowest BCUT2D eigenvalue weighted by atomic mass is 10.0. The van der Waals surface area contributed by atoms with Crippen LogP contribution in [0.4, 0.5) is 0 Å². The first-order valence-electron chi connectivity index (χ1n) is 8.86. The van der Waals surface area contributed by atoms with Crippen molar-refractivity contribution >= 4 is 11.4 Å². The number of nitrogens with zero attached hydrogens (tertiary/aromatic N) is 3. The van der Waals surface area contributed by atoms with Gasteiger partial charge in [0.1, 0.15) is 5.78 Å².